The zero-order valence-corrected chi connectivity index (χ0v) is 10.1. The fourth-order valence-corrected chi connectivity index (χ4v) is 2.23. The molecule has 0 fully saturated rings. The summed E-state index contributed by atoms with van der Waals surface area (Å²) in [5.74, 6) is 0.429. The minimum absolute atomic E-state index is 0.106. The minimum atomic E-state index is -3.54. The van der Waals surface area contributed by atoms with Crippen molar-refractivity contribution in [3.63, 3.8) is 0 Å². The SMILES string of the molecule is CCOP(=O)(OCC)Oc1ccc(O)cc1. The lowest BCUT2D eigenvalue weighted by atomic mass is 10.3. The van der Waals surface area contributed by atoms with Gasteiger partial charge in [-0.1, -0.05) is 0 Å². The molecule has 0 heterocycles. The Labute approximate surface area is 94.6 Å². The zero-order valence-electron chi connectivity index (χ0n) is 9.25. The number of phosphoric ester groups is 1. The second-order valence-electron chi connectivity index (χ2n) is 2.87. The molecule has 0 aliphatic carbocycles. The molecule has 5 nitrogen and oxygen atoms in total. The summed E-state index contributed by atoms with van der Waals surface area (Å²) >= 11 is 0. The molecule has 0 amide bonds. The van der Waals surface area contributed by atoms with E-state index in [9.17, 15) is 4.57 Å². The van der Waals surface area contributed by atoms with Gasteiger partial charge in [0, 0.05) is 0 Å². The van der Waals surface area contributed by atoms with Gasteiger partial charge in [-0.3, -0.25) is 9.05 Å². The second kappa shape index (κ2) is 5.89. The van der Waals surface area contributed by atoms with Crippen molar-refractivity contribution in [1.29, 1.82) is 0 Å². The normalized spacial score (nSPS) is 11.4. The summed E-state index contributed by atoms with van der Waals surface area (Å²) in [7, 11) is -3.54. The van der Waals surface area contributed by atoms with Crippen LogP contribution in [0.15, 0.2) is 24.3 Å². The third kappa shape index (κ3) is 3.85. The average Bonchev–Trinajstić information content (AvgIpc) is 2.22. The van der Waals surface area contributed by atoms with Crippen LogP contribution in [0.4, 0.5) is 0 Å². The van der Waals surface area contributed by atoms with Crippen molar-refractivity contribution in [1.82, 2.24) is 0 Å². The Bertz CT molecular complexity index is 352. The first-order valence-corrected chi connectivity index (χ1v) is 6.43. The molecule has 0 aliphatic rings. The number of phosphoric acid groups is 1. The number of rotatable bonds is 6. The molecular weight excluding hydrogens is 231 g/mol. The number of phenols is 1. The molecule has 0 spiro atoms. The lowest BCUT2D eigenvalue weighted by Crippen LogP contribution is -2.02. The molecule has 6 heteroatoms. The highest BCUT2D eigenvalue weighted by molar-refractivity contribution is 7.48. The quantitative estimate of drug-likeness (QED) is 0.781. The highest BCUT2D eigenvalue weighted by Gasteiger charge is 2.27. The van der Waals surface area contributed by atoms with Crippen molar-refractivity contribution in [2.24, 2.45) is 0 Å². The molecule has 0 aliphatic heterocycles. The van der Waals surface area contributed by atoms with E-state index in [2.05, 4.69) is 0 Å². The van der Waals surface area contributed by atoms with Gasteiger partial charge in [0.25, 0.3) is 0 Å². The van der Waals surface area contributed by atoms with Crippen LogP contribution in [0, 0.1) is 0 Å². The van der Waals surface area contributed by atoms with Crippen molar-refractivity contribution in [2.45, 2.75) is 13.8 Å². The second-order valence-corrected chi connectivity index (χ2v) is 4.46. The summed E-state index contributed by atoms with van der Waals surface area (Å²) in [5, 5.41) is 9.07. The lowest BCUT2D eigenvalue weighted by Gasteiger charge is -2.16. The molecule has 1 aromatic carbocycles. The molecule has 1 rings (SSSR count). The van der Waals surface area contributed by atoms with Gasteiger partial charge in [0.2, 0.25) is 0 Å². The maximum absolute atomic E-state index is 11.9. The Hall–Kier alpha value is -1.03. The molecule has 0 radical (unpaired) electrons. The van der Waals surface area contributed by atoms with Crippen LogP contribution in [0.5, 0.6) is 11.5 Å². The Morgan fingerprint density at radius 1 is 1.12 bits per heavy atom. The van der Waals surface area contributed by atoms with Crippen molar-refractivity contribution in [3.8, 4) is 11.5 Å². The third-order valence-corrected chi connectivity index (χ3v) is 3.21. The zero-order chi connectivity index (χ0) is 12.0. The fraction of sp³-hybridized carbons (Fsp3) is 0.400. The Balaban J connectivity index is 2.75. The molecule has 16 heavy (non-hydrogen) atoms. The number of aromatic hydroxyl groups is 1. The maximum Gasteiger partial charge on any atom is 0.530 e. The van der Waals surface area contributed by atoms with Gasteiger partial charge in [0.1, 0.15) is 11.5 Å². The van der Waals surface area contributed by atoms with E-state index in [0.29, 0.717) is 5.75 Å². The predicted molar refractivity (Wildman–Crippen MR) is 59.6 cm³/mol. The summed E-state index contributed by atoms with van der Waals surface area (Å²) in [6, 6.07) is 5.83. The summed E-state index contributed by atoms with van der Waals surface area (Å²) in [5.41, 5.74) is 0. The van der Waals surface area contributed by atoms with Gasteiger partial charge in [-0.25, -0.2) is 4.57 Å². The van der Waals surface area contributed by atoms with Crippen LogP contribution in [0.3, 0.4) is 0 Å². The van der Waals surface area contributed by atoms with Gasteiger partial charge < -0.3 is 9.63 Å². The van der Waals surface area contributed by atoms with Gasteiger partial charge in [-0.2, -0.15) is 0 Å². The van der Waals surface area contributed by atoms with Crippen LogP contribution in [-0.4, -0.2) is 18.3 Å². The van der Waals surface area contributed by atoms with Crippen LogP contribution in [-0.2, 0) is 13.6 Å². The van der Waals surface area contributed by atoms with Gasteiger partial charge in [0.15, 0.2) is 0 Å². The highest BCUT2D eigenvalue weighted by atomic mass is 31.2. The van der Waals surface area contributed by atoms with Gasteiger partial charge in [0.05, 0.1) is 13.2 Å². The van der Waals surface area contributed by atoms with Crippen molar-refractivity contribution in [3.05, 3.63) is 24.3 Å². The first-order chi connectivity index (χ1) is 7.59. The van der Waals surface area contributed by atoms with Gasteiger partial charge >= 0.3 is 7.82 Å². The molecule has 90 valence electrons. The highest BCUT2D eigenvalue weighted by Crippen LogP contribution is 2.49. The molecule has 0 atom stereocenters. The summed E-state index contributed by atoms with van der Waals surface area (Å²) in [6.07, 6.45) is 0. The number of hydrogen-bond acceptors (Lipinski definition) is 5. The van der Waals surface area contributed by atoms with Crippen LogP contribution in [0.1, 0.15) is 13.8 Å². The Morgan fingerprint density at radius 2 is 1.62 bits per heavy atom. The van der Waals surface area contributed by atoms with E-state index in [0.717, 1.165) is 0 Å². The summed E-state index contributed by atoms with van der Waals surface area (Å²) in [4.78, 5) is 0. The van der Waals surface area contributed by atoms with E-state index in [-0.39, 0.29) is 19.0 Å². The molecule has 1 aromatic rings. The molecule has 0 saturated heterocycles. The number of hydrogen-bond donors (Lipinski definition) is 1. The maximum atomic E-state index is 11.9. The first kappa shape index (κ1) is 13.0. The van der Waals surface area contributed by atoms with Crippen molar-refractivity contribution >= 4 is 7.82 Å². The molecule has 0 bridgehead atoms. The summed E-state index contributed by atoms with van der Waals surface area (Å²) in [6.45, 7) is 3.86. The Kier molecular flexibility index (Phi) is 4.80. The first-order valence-electron chi connectivity index (χ1n) is 4.97. The van der Waals surface area contributed by atoms with Crippen LogP contribution < -0.4 is 4.52 Å². The lowest BCUT2D eigenvalue weighted by molar-refractivity contribution is 0.167. The van der Waals surface area contributed by atoms with E-state index >= 15 is 0 Å². The average molecular weight is 246 g/mol. The molecule has 1 N–H and O–H groups in total. The van der Waals surface area contributed by atoms with Crippen molar-refractivity contribution in [2.75, 3.05) is 13.2 Å². The van der Waals surface area contributed by atoms with Gasteiger partial charge in [-0.05, 0) is 38.1 Å². The third-order valence-electron chi connectivity index (χ3n) is 1.63. The predicted octanol–water partition coefficient (Wildman–Crippen LogP) is 2.95. The summed E-state index contributed by atoms with van der Waals surface area (Å²) < 4.78 is 27.0. The Morgan fingerprint density at radius 3 is 2.06 bits per heavy atom. The van der Waals surface area contributed by atoms with Gasteiger partial charge in [-0.15, -0.1) is 0 Å². The van der Waals surface area contributed by atoms with E-state index in [4.69, 9.17) is 18.7 Å². The number of phenolic OH excluding ortho intramolecular Hbond substituents is 1. The molecular formula is C10H15O5P. The van der Waals surface area contributed by atoms with Crippen LogP contribution in [0.25, 0.3) is 0 Å². The molecule has 0 aromatic heterocycles. The van der Waals surface area contributed by atoms with Crippen LogP contribution >= 0.6 is 7.82 Å². The van der Waals surface area contributed by atoms with E-state index in [1.54, 1.807) is 13.8 Å². The van der Waals surface area contributed by atoms with Crippen LogP contribution in [0.2, 0.25) is 0 Å². The van der Waals surface area contributed by atoms with E-state index in [1.807, 2.05) is 0 Å². The van der Waals surface area contributed by atoms with Crippen molar-refractivity contribution < 1.29 is 23.2 Å². The molecule has 0 saturated carbocycles. The number of benzene rings is 1. The monoisotopic (exact) mass is 246 g/mol. The smallest absolute Gasteiger partial charge is 0.508 e. The minimum Gasteiger partial charge on any atom is -0.508 e. The molecule has 0 unspecified atom stereocenters. The topological polar surface area (TPSA) is 65.0 Å². The van der Waals surface area contributed by atoms with E-state index < -0.39 is 7.82 Å². The fourth-order valence-electron chi connectivity index (χ4n) is 1.04. The standard InChI is InChI=1S/C10H15O5P/c1-3-13-16(12,14-4-2)15-10-7-5-9(11)6-8-10/h5-8,11H,3-4H2,1-2H3. The largest absolute Gasteiger partial charge is 0.530 e. The van der Waals surface area contributed by atoms with E-state index in [1.165, 1.54) is 24.3 Å².